The molecular weight excluding hydrogens is 289 g/mol. The Morgan fingerprint density at radius 2 is 1.52 bits per heavy atom. The number of anilines is 1. The molecule has 0 radical (unpaired) electrons. The molecular formula is C13H16BF4NO2. The van der Waals surface area contributed by atoms with E-state index in [0.717, 1.165) is 6.07 Å². The van der Waals surface area contributed by atoms with Gasteiger partial charge < -0.3 is 15.0 Å². The number of nitrogen functional groups attached to an aromatic ring is 1. The first kappa shape index (κ1) is 16.1. The van der Waals surface area contributed by atoms with Crippen LogP contribution in [0.2, 0.25) is 0 Å². The lowest BCUT2D eigenvalue weighted by Gasteiger charge is -2.32. The van der Waals surface area contributed by atoms with Crippen molar-refractivity contribution in [3.8, 4) is 0 Å². The van der Waals surface area contributed by atoms with Crippen molar-refractivity contribution in [1.29, 1.82) is 0 Å². The second kappa shape index (κ2) is 4.61. The van der Waals surface area contributed by atoms with Crippen LogP contribution in [0.1, 0.15) is 33.3 Å². The monoisotopic (exact) mass is 305 g/mol. The summed E-state index contributed by atoms with van der Waals surface area (Å²) in [6.45, 7) is 6.97. The molecule has 1 aromatic carbocycles. The van der Waals surface area contributed by atoms with Gasteiger partial charge in [-0.05, 0) is 39.8 Å². The molecule has 0 spiro atoms. The predicted molar refractivity (Wildman–Crippen MR) is 71.5 cm³/mol. The zero-order valence-electron chi connectivity index (χ0n) is 12.1. The Morgan fingerprint density at radius 1 is 1.05 bits per heavy atom. The summed E-state index contributed by atoms with van der Waals surface area (Å²) in [5.74, 6) is -1.04. The third kappa shape index (κ3) is 2.74. The highest BCUT2D eigenvalue weighted by Gasteiger charge is 2.53. The Bertz CT molecular complexity index is 556. The Labute approximate surface area is 120 Å². The second-order valence-electron chi connectivity index (χ2n) is 6.04. The molecule has 1 saturated heterocycles. The molecule has 1 heterocycles. The van der Waals surface area contributed by atoms with Crippen molar-refractivity contribution >= 4 is 18.3 Å². The van der Waals surface area contributed by atoms with E-state index in [-0.39, 0.29) is 5.46 Å². The van der Waals surface area contributed by atoms with Gasteiger partial charge in [0.2, 0.25) is 0 Å². The van der Waals surface area contributed by atoms with Crippen molar-refractivity contribution in [1.82, 2.24) is 0 Å². The van der Waals surface area contributed by atoms with Gasteiger partial charge in [-0.25, -0.2) is 4.39 Å². The molecule has 1 aliphatic rings. The van der Waals surface area contributed by atoms with Crippen LogP contribution >= 0.6 is 0 Å². The molecule has 2 rings (SSSR count). The van der Waals surface area contributed by atoms with Gasteiger partial charge in [-0.15, -0.1) is 0 Å². The first-order chi connectivity index (χ1) is 9.35. The standard InChI is InChI=1S/C13H16BF4NO2/c1-11(2)12(3,4)21-14(20-11)9-6-7(15)5-8(10(9)19)13(16,17)18/h5-6H,19H2,1-4H3. The van der Waals surface area contributed by atoms with Crippen LogP contribution in [0.3, 0.4) is 0 Å². The molecule has 1 aromatic rings. The summed E-state index contributed by atoms with van der Waals surface area (Å²) < 4.78 is 63.4. The Balaban J connectivity index is 2.50. The average molecular weight is 305 g/mol. The van der Waals surface area contributed by atoms with E-state index in [4.69, 9.17) is 15.0 Å². The lowest BCUT2D eigenvalue weighted by atomic mass is 9.76. The molecule has 1 fully saturated rings. The molecule has 2 N–H and O–H groups in total. The number of hydrogen-bond donors (Lipinski definition) is 1. The van der Waals surface area contributed by atoms with E-state index in [1.807, 2.05) is 0 Å². The maximum atomic E-state index is 13.5. The van der Waals surface area contributed by atoms with Crippen LogP contribution in [0.5, 0.6) is 0 Å². The highest BCUT2D eigenvalue weighted by atomic mass is 19.4. The highest BCUT2D eigenvalue weighted by Crippen LogP contribution is 2.38. The molecule has 0 bridgehead atoms. The van der Waals surface area contributed by atoms with E-state index in [1.54, 1.807) is 27.7 Å². The minimum absolute atomic E-state index is 0.152. The lowest BCUT2D eigenvalue weighted by Crippen LogP contribution is -2.41. The van der Waals surface area contributed by atoms with Gasteiger partial charge in [0.05, 0.1) is 16.8 Å². The number of alkyl halides is 3. The number of halogens is 4. The van der Waals surface area contributed by atoms with Gasteiger partial charge in [-0.2, -0.15) is 13.2 Å². The molecule has 0 aromatic heterocycles. The molecule has 8 heteroatoms. The lowest BCUT2D eigenvalue weighted by molar-refractivity contribution is -0.137. The third-order valence-corrected chi connectivity index (χ3v) is 3.99. The summed E-state index contributed by atoms with van der Waals surface area (Å²) in [4.78, 5) is 0. The number of nitrogens with two attached hydrogens (primary N) is 1. The zero-order chi connectivity index (χ0) is 16.2. The maximum Gasteiger partial charge on any atom is 0.497 e. The average Bonchev–Trinajstić information content (AvgIpc) is 2.49. The first-order valence-electron chi connectivity index (χ1n) is 6.37. The predicted octanol–water partition coefficient (Wildman–Crippen LogP) is 2.73. The Morgan fingerprint density at radius 3 is 1.95 bits per heavy atom. The number of rotatable bonds is 1. The molecule has 0 aliphatic carbocycles. The largest absolute Gasteiger partial charge is 0.497 e. The first-order valence-corrected chi connectivity index (χ1v) is 6.37. The summed E-state index contributed by atoms with van der Waals surface area (Å²) in [7, 11) is -1.15. The van der Waals surface area contributed by atoms with E-state index in [1.165, 1.54) is 0 Å². The molecule has 0 unspecified atom stereocenters. The Hall–Kier alpha value is -1.28. The van der Waals surface area contributed by atoms with E-state index in [0.29, 0.717) is 6.07 Å². The minimum Gasteiger partial charge on any atom is -0.399 e. The van der Waals surface area contributed by atoms with E-state index in [9.17, 15) is 17.6 Å². The molecule has 116 valence electrons. The molecule has 0 atom stereocenters. The molecule has 1 aliphatic heterocycles. The van der Waals surface area contributed by atoms with Crippen LogP contribution in [0, 0.1) is 5.82 Å². The van der Waals surface area contributed by atoms with Gasteiger partial charge in [0.25, 0.3) is 0 Å². The number of benzene rings is 1. The van der Waals surface area contributed by atoms with Crippen LogP contribution in [0.15, 0.2) is 12.1 Å². The fraction of sp³-hybridized carbons (Fsp3) is 0.538. The maximum absolute atomic E-state index is 13.5. The smallest absolute Gasteiger partial charge is 0.399 e. The van der Waals surface area contributed by atoms with Crippen molar-refractivity contribution in [2.45, 2.75) is 45.1 Å². The summed E-state index contributed by atoms with van der Waals surface area (Å²) in [5.41, 5.74) is 2.08. The zero-order valence-corrected chi connectivity index (χ0v) is 12.1. The van der Waals surface area contributed by atoms with Crippen LogP contribution in [-0.4, -0.2) is 18.3 Å². The van der Waals surface area contributed by atoms with Crippen molar-refractivity contribution in [2.75, 3.05) is 5.73 Å². The van der Waals surface area contributed by atoms with Gasteiger partial charge in [0.15, 0.2) is 0 Å². The van der Waals surface area contributed by atoms with E-state index in [2.05, 4.69) is 0 Å². The topological polar surface area (TPSA) is 44.5 Å². The van der Waals surface area contributed by atoms with Crippen molar-refractivity contribution < 1.29 is 26.9 Å². The van der Waals surface area contributed by atoms with Gasteiger partial charge in [0, 0.05) is 11.2 Å². The summed E-state index contributed by atoms with van der Waals surface area (Å²) in [6, 6.07) is 1.27. The van der Waals surface area contributed by atoms with Crippen molar-refractivity contribution in [2.24, 2.45) is 0 Å². The molecule has 21 heavy (non-hydrogen) atoms. The molecule has 0 saturated carbocycles. The number of hydrogen-bond acceptors (Lipinski definition) is 3. The van der Waals surface area contributed by atoms with Crippen LogP contribution in [-0.2, 0) is 15.5 Å². The van der Waals surface area contributed by atoms with E-state index >= 15 is 0 Å². The quantitative estimate of drug-likeness (QED) is 0.493. The van der Waals surface area contributed by atoms with Crippen LogP contribution in [0.25, 0.3) is 0 Å². The summed E-state index contributed by atoms with van der Waals surface area (Å²) >= 11 is 0. The van der Waals surface area contributed by atoms with Crippen LogP contribution in [0.4, 0.5) is 23.2 Å². The van der Waals surface area contributed by atoms with E-state index < -0.39 is 41.6 Å². The molecule has 3 nitrogen and oxygen atoms in total. The SMILES string of the molecule is CC1(C)OB(c2cc(F)cc(C(F)(F)F)c2N)OC1(C)C. The molecule has 0 amide bonds. The second-order valence-corrected chi connectivity index (χ2v) is 6.04. The third-order valence-electron chi connectivity index (χ3n) is 3.99. The normalized spacial score (nSPS) is 20.9. The fourth-order valence-corrected chi connectivity index (χ4v) is 2.04. The fourth-order valence-electron chi connectivity index (χ4n) is 2.04. The summed E-state index contributed by atoms with van der Waals surface area (Å²) in [6.07, 6.45) is -4.75. The minimum atomic E-state index is -4.75. The van der Waals surface area contributed by atoms with Crippen LogP contribution < -0.4 is 11.2 Å². The van der Waals surface area contributed by atoms with Crippen molar-refractivity contribution in [3.05, 3.63) is 23.5 Å². The van der Waals surface area contributed by atoms with Gasteiger partial charge >= 0.3 is 13.3 Å². The Kier molecular flexibility index (Phi) is 3.53. The van der Waals surface area contributed by atoms with Gasteiger partial charge in [-0.1, -0.05) is 0 Å². The van der Waals surface area contributed by atoms with Crippen molar-refractivity contribution in [3.63, 3.8) is 0 Å². The highest BCUT2D eigenvalue weighted by molar-refractivity contribution is 6.64. The summed E-state index contributed by atoms with van der Waals surface area (Å²) in [5, 5.41) is 0. The van der Waals surface area contributed by atoms with Gasteiger partial charge in [-0.3, -0.25) is 0 Å². The van der Waals surface area contributed by atoms with Gasteiger partial charge in [0.1, 0.15) is 5.82 Å².